The van der Waals surface area contributed by atoms with Crippen LogP contribution in [0.1, 0.15) is 72.4 Å². The molecule has 1 fully saturated rings. The Balaban J connectivity index is 1.86. The molecule has 0 aromatic heterocycles. The van der Waals surface area contributed by atoms with E-state index in [-0.39, 0.29) is 70.5 Å². The molecule has 14 heteroatoms. The monoisotopic (exact) mass is 728 g/mol. The van der Waals surface area contributed by atoms with Crippen LogP contribution < -0.4 is 16.0 Å². The van der Waals surface area contributed by atoms with Gasteiger partial charge in [0.1, 0.15) is 12.1 Å². The third kappa shape index (κ3) is 13.4. The number of urea groups is 1. The highest BCUT2D eigenvalue weighted by Crippen LogP contribution is 2.34. The first kappa shape index (κ1) is 41.1. The number of carbonyl (C=O) groups excluding carboxylic acids is 5. The maximum atomic E-state index is 14.2. The standard InChI is InChI=1S/C37H53ClN6O7/c1-8-27-13-15-29(16-14-27)41-33(48)43(21-22-44(26-45)51-36(5,6)7)25-37(32(47)39-23-28-11-9-10-12-30(28)38)17-19-42(20-18-37)31(46)24-40-34(49)50-35(2,3)4/h9-16,26H,8,17-25H2,1-7H3,(H,39,47)(H,40,49)(H,41,48). The van der Waals surface area contributed by atoms with Gasteiger partial charge in [-0.3, -0.25) is 19.2 Å². The van der Waals surface area contributed by atoms with Gasteiger partial charge in [0, 0.05) is 43.4 Å². The van der Waals surface area contributed by atoms with Gasteiger partial charge < -0.3 is 30.5 Å². The van der Waals surface area contributed by atoms with Crippen molar-refractivity contribution in [2.45, 2.75) is 85.5 Å². The molecule has 0 unspecified atom stereocenters. The average Bonchev–Trinajstić information content (AvgIpc) is 3.07. The van der Waals surface area contributed by atoms with E-state index in [4.69, 9.17) is 21.2 Å². The summed E-state index contributed by atoms with van der Waals surface area (Å²) in [7, 11) is 0. The van der Waals surface area contributed by atoms with Crippen LogP contribution in [0.25, 0.3) is 0 Å². The normalized spacial score (nSPS) is 14.2. The third-order valence-corrected chi connectivity index (χ3v) is 8.60. The number of rotatable bonds is 14. The first-order valence-electron chi connectivity index (χ1n) is 17.3. The second-order valence-corrected chi connectivity index (χ2v) is 15.0. The molecule has 280 valence electrons. The van der Waals surface area contributed by atoms with Gasteiger partial charge in [-0.1, -0.05) is 48.9 Å². The Morgan fingerprint density at radius 3 is 2.14 bits per heavy atom. The van der Waals surface area contributed by atoms with E-state index in [1.807, 2.05) is 64.1 Å². The molecular formula is C37H53ClN6O7. The van der Waals surface area contributed by atoms with Crippen LogP contribution in [-0.4, -0.2) is 95.7 Å². The minimum atomic E-state index is -1.11. The summed E-state index contributed by atoms with van der Waals surface area (Å²) in [6, 6.07) is 14.2. The molecule has 51 heavy (non-hydrogen) atoms. The lowest BCUT2D eigenvalue weighted by Gasteiger charge is -2.43. The van der Waals surface area contributed by atoms with E-state index in [1.165, 1.54) is 4.90 Å². The van der Waals surface area contributed by atoms with E-state index in [2.05, 4.69) is 16.0 Å². The number of alkyl carbamates (subject to hydrolysis) is 1. The van der Waals surface area contributed by atoms with Gasteiger partial charge >= 0.3 is 12.1 Å². The van der Waals surface area contributed by atoms with Crippen LogP contribution in [0, 0.1) is 5.41 Å². The Labute approximate surface area is 306 Å². The van der Waals surface area contributed by atoms with Crippen molar-refractivity contribution in [2.24, 2.45) is 5.41 Å². The molecule has 0 saturated carbocycles. The fourth-order valence-corrected chi connectivity index (χ4v) is 5.76. The Bertz CT molecular complexity index is 1500. The minimum Gasteiger partial charge on any atom is -0.444 e. The Morgan fingerprint density at radius 1 is 0.922 bits per heavy atom. The SMILES string of the molecule is CCc1ccc(NC(=O)N(CCN(C=O)OC(C)(C)C)CC2(C(=O)NCc3ccccc3Cl)CCN(C(=O)CNC(=O)OC(C)(C)C)CC2)cc1. The van der Waals surface area contributed by atoms with Crippen LogP contribution in [0.15, 0.2) is 48.5 Å². The molecule has 1 aliphatic heterocycles. The van der Waals surface area contributed by atoms with Crippen molar-refractivity contribution in [3.05, 3.63) is 64.7 Å². The average molecular weight is 729 g/mol. The van der Waals surface area contributed by atoms with Gasteiger partial charge in [0.2, 0.25) is 18.2 Å². The number of benzene rings is 2. The van der Waals surface area contributed by atoms with Crippen LogP contribution in [0.3, 0.4) is 0 Å². The zero-order valence-electron chi connectivity index (χ0n) is 30.8. The van der Waals surface area contributed by atoms with E-state index < -0.39 is 28.7 Å². The number of nitrogens with one attached hydrogen (secondary N) is 3. The van der Waals surface area contributed by atoms with Gasteiger partial charge in [0.25, 0.3) is 0 Å². The molecule has 2 aromatic rings. The topological polar surface area (TPSA) is 150 Å². The fourth-order valence-electron chi connectivity index (χ4n) is 5.55. The number of anilines is 1. The second kappa shape index (κ2) is 18.2. The van der Waals surface area contributed by atoms with E-state index in [1.54, 1.807) is 37.8 Å². The number of aryl methyl sites for hydroxylation is 1. The fraction of sp³-hybridized carbons (Fsp3) is 0.541. The van der Waals surface area contributed by atoms with Gasteiger partial charge in [0.05, 0.1) is 17.6 Å². The number of halogens is 1. The van der Waals surface area contributed by atoms with Crippen molar-refractivity contribution in [1.29, 1.82) is 0 Å². The summed E-state index contributed by atoms with van der Waals surface area (Å²) in [5, 5.41) is 10.1. The Kier molecular flexibility index (Phi) is 14.7. The second-order valence-electron chi connectivity index (χ2n) is 14.6. The van der Waals surface area contributed by atoms with Crippen molar-refractivity contribution < 1.29 is 33.5 Å². The van der Waals surface area contributed by atoms with Gasteiger partial charge in [-0.05, 0) is 90.1 Å². The van der Waals surface area contributed by atoms with Crippen molar-refractivity contribution >= 4 is 47.6 Å². The number of carbonyl (C=O) groups is 5. The molecule has 13 nitrogen and oxygen atoms in total. The number of hydrogen-bond donors (Lipinski definition) is 3. The highest BCUT2D eigenvalue weighted by Gasteiger charge is 2.44. The maximum Gasteiger partial charge on any atom is 0.408 e. The first-order valence-corrected chi connectivity index (χ1v) is 17.6. The maximum absolute atomic E-state index is 14.2. The summed E-state index contributed by atoms with van der Waals surface area (Å²) in [6.07, 6.45) is 1.16. The molecule has 3 N–H and O–H groups in total. The summed E-state index contributed by atoms with van der Waals surface area (Å²) in [6.45, 7) is 13.1. The van der Waals surface area contributed by atoms with Crippen molar-refractivity contribution in [3.8, 4) is 0 Å². The van der Waals surface area contributed by atoms with Crippen molar-refractivity contribution in [1.82, 2.24) is 25.5 Å². The minimum absolute atomic E-state index is 0.0133. The number of hydroxylamine groups is 2. The lowest BCUT2D eigenvalue weighted by molar-refractivity contribution is -0.216. The molecule has 6 amide bonds. The van der Waals surface area contributed by atoms with Crippen LogP contribution in [0.4, 0.5) is 15.3 Å². The van der Waals surface area contributed by atoms with E-state index in [0.717, 1.165) is 22.6 Å². The van der Waals surface area contributed by atoms with E-state index in [0.29, 0.717) is 17.1 Å². The summed E-state index contributed by atoms with van der Waals surface area (Å²) in [5.41, 5.74) is -0.0649. The predicted molar refractivity (Wildman–Crippen MR) is 196 cm³/mol. The predicted octanol–water partition coefficient (Wildman–Crippen LogP) is 5.37. The van der Waals surface area contributed by atoms with E-state index in [9.17, 15) is 24.0 Å². The molecule has 0 aliphatic carbocycles. The molecular weight excluding hydrogens is 676 g/mol. The zero-order chi connectivity index (χ0) is 37.8. The van der Waals surface area contributed by atoms with Gasteiger partial charge in [-0.25, -0.2) is 14.7 Å². The number of amides is 6. The van der Waals surface area contributed by atoms with Crippen LogP contribution >= 0.6 is 11.6 Å². The molecule has 2 aromatic carbocycles. The molecule has 0 atom stereocenters. The molecule has 1 heterocycles. The summed E-state index contributed by atoms with van der Waals surface area (Å²) >= 11 is 6.38. The number of hydrogen-bond acceptors (Lipinski definition) is 7. The third-order valence-electron chi connectivity index (χ3n) is 8.23. The molecule has 1 aliphatic rings. The van der Waals surface area contributed by atoms with Gasteiger partial charge in [-0.2, -0.15) is 0 Å². The Morgan fingerprint density at radius 2 is 1.57 bits per heavy atom. The lowest BCUT2D eigenvalue weighted by Crippen LogP contribution is -2.57. The first-order chi connectivity index (χ1) is 23.9. The van der Waals surface area contributed by atoms with Crippen LogP contribution in [-0.2, 0) is 36.9 Å². The smallest absolute Gasteiger partial charge is 0.408 e. The van der Waals surface area contributed by atoms with E-state index >= 15 is 0 Å². The van der Waals surface area contributed by atoms with Crippen molar-refractivity contribution in [2.75, 3.05) is 44.6 Å². The van der Waals surface area contributed by atoms with Gasteiger partial charge in [-0.15, -0.1) is 0 Å². The molecule has 0 bridgehead atoms. The molecule has 0 spiro atoms. The largest absolute Gasteiger partial charge is 0.444 e. The summed E-state index contributed by atoms with van der Waals surface area (Å²) in [4.78, 5) is 74.2. The zero-order valence-corrected chi connectivity index (χ0v) is 31.6. The molecule has 1 saturated heterocycles. The number of likely N-dealkylation sites (tertiary alicyclic amines) is 1. The van der Waals surface area contributed by atoms with Gasteiger partial charge in [0.15, 0.2) is 0 Å². The van der Waals surface area contributed by atoms with Crippen molar-refractivity contribution in [3.63, 3.8) is 0 Å². The highest BCUT2D eigenvalue weighted by atomic mass is 35.5. The highest BCUT2D eigenvalue weighted by molar-refractivity contribution is 6.31. The number of piperidine rings is 1. The lowest BCUT2D eigenvalue weighted by atomic mass is 9.76. The van der Waals surface area contributed by atoms with Crippen LogP contribution in [0.2, 0.25) is 5.02 Å². The quantitative estimate of drug-likeness (QED) is 0.175. The molecule has 3 rings (SSSR count). The molecule has 0 radical (unpaired) electrons. The van der Waals surface area contributed by atoms with Crippen LogP contribution in [0.5, 0.6) is 0 Å². The Hall–Kier alpha value is -4.36. The number of ether oxygens (including phenoxy) is 1. The summed E-state index contributed by atoms with van der Waals surface area (Å²) < 4.78 is 5.25. The summed E-state index contributed by atoms with van der Waals surface area (Å²) in [5.74, 6) is -0.623. The number of nitrogens with zero attached hydrogens (tertiary/aromatic N) is 3.